The number of carbonyl (C=O) groups excluding carboxylic acids is 2. The van der Waals surface area contributed by atoms with Crippen LogP contribution in [0.5, 0.6) is 0 Å². The molecule has 1 aliphatic rings. The zero-order valence-corrected chi connectivity index (χ0v) is 7.36. The van der Waals surface area contributed by atoms with Crippen molar-refractivity contribution in [3.8, 4) is 0 Å². The van der Waals surface area contributed by atoms with Crippen LogP contribution in [0.25, 0.3) is 0 Å². The summed E-state index contributed by atoms with van der Waals surface area (Å²) in [6.07, 6.45) is 2.25. The molecule has 1 aromatic rings. The Hall–Kier alpha value is -1.78. The summed E-state index contributed by atoms with van der Waals surface area (Å²) >= 11 is 0. The smallest absolute Gasteiger partial charge is 0.421 e. The molecular formula is C9H9NO4. The van der Waals surface area contributed by atoms with Crippen molar-refractivity contribution in [1.29, 1.82) is 0 Å². The van der Waals surface area contributed by atoms with Gasteiger partial charge in [-0.3, -0.25) is 10.1 Å². The Balaban J connectivity index is 1.81. The summed E-state index contributed by atoms with van der Waals surface area (Å²) in [5.74, 6) is -0.287. The zero-order valence-electron chi connectivity index (χ0n) is 7.36. The van der Waals surface area contributed by atoms with Crippen molar-refractivity contribution in [3.63, 3.8) is 0 Å². The van der Waals surface area contributed by atoms with Gasteiger partial charge in [0.15, 0.2) is 0 Å². The van der Waals surface area contributed by atoms with Gasteiger partial charge in [0.1, 0.15) is 0 Å². The number of carbonyl (C=O) groups is 2. The maximum atomic E-state index is 11.0. The molecule has 0 radical (unpaired) electrons. The van der Waals surface area contributed by atoms with Gasteiger partial charge in [0, 0.05) is 6.07 Å². The van der Waals surface area contributed by atoms with Gasteiger partial charge in [0.05, 0.1) is 12.2 Å². The fourth-order valence-corrected chi connectivity index (χ4v) is 0.970. The average molecular weight is 195 g/mol. The van der Waals surface area contributed by atoms with Crippen molar-refractivity contribution in [2.24, 2.45) is 5.92 Å². The molecule has 0 aliphatic heterocycles. The number of nitrogens with one attached hydrogen (secondary N) is 1. The Kier molecular flexibility index (Phi) is 2.22. The first-order chi connectivity index (χ1) is 6.75. The molecule has 0 aromatic carbocycles. The Morgan fingerprint density at radius 1 is 1.50 bits per heavy atom. The largest absolute Gasteiger partial charge is 0.448 e. The molecule has 1 N–H and O–H groups in total. The van der Waals surface area contributed by atoms with Crippen LogP contribution in [0.3, 0.4) is 0 Å². The number of furan rings is 1. The molecule has 0 spiro atoms. The molecule has 1 saturated carbocycles. The van der Waals surface area contributed by atoms with Crippen LogP contribution in [0.4, 0.5) is 10.7 Å². The molecule has 5 heteroatoms. The van der Waals surface area contributed by atoms with E-state index < -0.39 is 12.1 Å². The third-order valence-corrected chi connectivity index (χ3v) is 1.85. The summed E-state index contributed by atoms with van der Waals surface area (Å²) in [5.41, 5.74) is 0. The van der Waals surface area contributed by atoms with Crippen molar-refractivity contribution in [2.75, 3.05) is 5.32 Å². The lowest BCUT2D eigenvalue weighted by Gasteiger charge is -2.01. The van der Waals surface area contributed by atoms with Gasteiger partial charge in [0.25, 0.3) is 0 Å². The second kappa shape index (κ2) is 3.53. The Morgan fingerprint density at radius 2 is 2.29 bits per heavy atom. The fraction of sp³-hybridized carbons (Fsp3) is 0.333. The molecule has 0 bridgehead atoms. The zero-order chi connectivity index (χ0) is 9.97. The van der Waals surface area contributed by atoms with Gasteiger partial charge in [-0.05, 0) is 18.9 Å². The maximum absolute atomic E-state index is 11.0. The molecule has 5 nitrogen and oxygen atoms in total. The van der Waals surface area contributed by atoms with Gasteiger partial charge in [0.2, 0.25) is 5.88 Å². The van der Waals surface area contributed by atoms with E-state index in [1.54, 1.807) is 12.1 Å². The van der Waals surface area contributed by atoms with Gasteiger partial charge in [-0.1, -0.05) is 0 Å². The lowest BCUT2D eigenvalue weighted by Crippen LogP contribution is -2.19. The van der Waals surface area contributed by atoms with E-state index in [4.69, 9.17) is 4.42 Å². The minimum atomic E-state index is -0.795. The Morgan fingerprint density at radius 3 is 2.86 bits per heavy atom. The second-order valence-corrected chi connectivity index (χ2v) is 3.09. The minimum Gasteiger partial charge on any atom is -0.448 e. The highest BCUT2D eigenvalue weighted by Crippen LogP contribution is 2.30. The quantitative estimate of drug-likeness (QED) is 0.576. The highest BCUT2D eigenvalue weighted by Gasteiger charge is 2.32. The van der Waals surface area contributed by atoms with E-state index >= 15 is 0 Å². The predicted molar refractivity (Wildman–Crippen MR) is 46.5 cm³/mol. The molecule has 14 heavy (non-hydrogen) atoms. The standard InChI is InChI=1S/C9H9NO4/c11-8(6-3-4-6)14-9(12)10-7-2-1-5-13-7/h1-2,5-6H,3-4H2,(H,10,12). The number of rotatable bonds is 2. The number of hydrogen-bond acceptors (Lipinski definition) is 4. The fourth-order valence-electron chi connectivity index (χ4n) is 0.970. The average Bonchev–Trinajstić information content (AvgIpc) is 2.87. The van der Waals surface area contributed by atoms with Crippen molar-refractivity contribution in [2.45, 2.75) is 12.8 Å². The molecule has 1 heterocycles. The first-order valence-electron chi connectivity index (χ1n) is 4.32. The van der Waals surface area contributed by atoms with Crippen molar-refractivity contribution in [3.05, 3.63) is 18.4 Å². The lowest BCUT2D eigenvalue weighted by atomic mass is 10.4. The van der Waals surface area contributed by atoms with E-state index in [2.05, 4.69) is 10.1 Å². The van der Waals surface area contributed by atoms with Gasteiger partial charge >= 0.3 is 12.1 Å². The van der Waals surface area contributed by atoms with Crippen LogP contribution in [0.2, 0.25) is 0 Å². The van der Waals surface area contributed by atoms with Crippen molar-refractivity contribution in [1.82, 2.24) is 0 Å². The van der Waals surface area contributed by atoms with Crippen LogP contribution in [-0.4, -0.2) is 12.1 Å². The summed E-state index contributed by atoms with van der Waals surface area (Å²) in [7, 11) is 0. The predicted octanol–water partition coefficient (Wildman–Crippen LogP) is 1.76. The normalized spacial score (nSPS) is 14.9. The first kappa shape index (κ1) is 8.80. The van der Waals surface area contributed by atoms with Crippen LogP contribution >= 0.6 is 0 Å². The van der Waals surface area contributed by atoms with Crippen LogP contribution in [0.1, 0.15) is 12.8 Å². The summed E-state index contributed by atoms with van der Waals surface area (Å²) in [6.45, 7) is 0. The van der Waals surface area contributed by atoms with Crippen molar-refractivity contribution < 1.29 is 18.7 Å². The minimum absolute atomic E-state index is 0.0858. The molecule has 1 aliphatic carbocycles. The van der Waals surface area contributed by atoms with E-state index in [-0.39, 0.29) is 11.8 Å². The Bertz CT molecular complexity index is 340. The summed E-state index contributed by atoms with van der Waals surface area (Å²) in [4.78, 5) is 22.1. The highest BCUT2D eigenvalue weighted by molar-refractivity contribution is 5.93. The van der Waals surface area contributed by atoms with E-state index in [1.807, 2.05) is 0 Å². The molecule has 0 saturated heterocycles. The number of amides is 1. The summed E-state index contributed by atoms with van der Waals surface area (Å²) < 4.78 is 9.34. The van der Waals surface area contributed by atoms with Gasteiger partial charge in [-0.15, -0.1) is 0 Å². The Labute approximate surface area is 80.0 Å². The molecule has 0 unspecified atom stereocenters. The second-order valence-electron chi connectivity index (χ2n) is 3.09. The van der Waals surface area contributed by atoms with Crippen molar-refractivity contribution >= 4 is 17.9 Å². The van der Waals surface area contributed by atoms with Crippen LogP contribution in [-0.2, 0) is 9.53 Å². The number of hydrogen-bond donors (Lipinski definition) is 1. The third-order valence-electron chi connectivity index (χ3n) is 1.85. The molecular weight excluding hydrogens is 186 g/mol. The van der Waals surface area contributed by atoms with Gasteiger partial charge in [-0.2, -0.15) is 0 Å². The van der Waals surface area contributed by atoms with E-state index in [9.17, 15) is 9.59 Å². The molecule has 0 atom stereocenters. The molecule has 74 valence electrons. The van der Waals surface area contributed by atoms with Crippen LogP contribution in [0, 0.1) is 5.92 Å². The molecule has 1 aromatic heterocycles. The van der Waals surface area contributed by atoms with E-state index in [0.717, 1.165) is 12.8 Å². The maximum Gasteiger partial charge on any atom is 0.421 e. The molecule has 1 fully saturated rings. The number of ether oxygens (including phenoxy) is 1. The van der Waals surface area contributed by atoms with Crippen LogP contribution in [0.15, 0.2) is 22.8 Å². The third kappa shape index (κ3) is 2.12. The summed E-state index contributed by atoms with van der Waals surface area (Å²) in [5, 5.41) is 2.29. The van der Waals surface area contributed by atoms with E-state index in [1.165, 1.54) is 6.26 Å². The highest BCUT2D eigenvalue weighted by atomic mass is 16.6. The van der Waals surface area contributed by atoms with E-state index in [0.29, 0.717) is 0 Å². The lowest BCUT2D eigenvalue weighted by molar-refractivity contribution is -0.138. The SMILES string of the molecule is O=C(Nc1ccco1)OC(=O)C1CC1. The molecule has 2 rings (SSSR count). The summed E-state index contributed by atoms with van der Waals surface area (Å²) in [6, 6.07) is 3.18. The van der Waals surface area contributed by atoms with Gasteiger partial charge < -0.3 is 9.15 Å². The van der Waals surface area contributed by atoms with Crippen LogP contribution < -0.4 is 5.32 Å². The monoisotopic (exact) mass is 195 g/mol. The molecule has 1 amide bonds. The topological polar surface area (TPSA) is 68.5 Å². The van der Waals surface area contributed by atoms with Gasteiger partial charge in [-0.25, -0.2) is 4.79 Å². The number of anilines is 1. The first-order valence-corrected chi connectivity index (χ1v) is 4.32. The number of esters is 1.